The van der Waals surface area contributed by atoms with E-state index in [1.165, 1.54) is 0 Å². The fourth-order valence-electron chi connectivity index (χ4n) is 6.10. The molecule has 5 nitrogen and oxygen atoms in total. The van der Waals surface area contributed by atoms with E-state index in [0.29, 0.717) is 52.1 Å². The predicted octanol–water partition coefficient (Wildman–Crippen LogP) is 7.94. The minimum absolute atomic E-state index is 0.0980. The molecule has 0 unspecified atom stereocenters. The summed E-state index contributed by atoms with van der Waals surface area (Å²) in [5.41, 5.74) is 4.79. The first kappa shape index (κ1) is 27.8. The summed E-state index contributed by atoms with van der Waals surface area (Å²) in [6.45, 7) is 11.1. The molecule has 1 heterocycles. The first-order chi connectivity index (χ1) is 18.4. The SMILES string of the molecule is CCOc1cc(C2C3=C(CC(C)(C)CC3=O)NC3=C2C(=O)CC(C)(C)C3)ccc1OCc1ccc(Cl)c(Cl)c1. The van der Waals surface area contributed by atoms with Crippen LogP contribution in [0, 0.1) is 10.8 Å². The number of allylic oxidation sites excluding steroid dienone is 4. The third-order valence-corrected chi connectivity index (χ3v) is 8.44. The summed E-state index contributed by atoms with van der Waals surface area (Å²) in [7, 11) is 0. The van der Waals surface area contributed by atoms with Gasteiger partial charge in [-0.1, -0.05) is 63.0 Å². The molecular weight excluding hydrogens is 533 g/mol. The number of hydrogen-bond donors (Lipinski definition) is 1. The zero-order valence-corrected chi connectivity index (χ0v) is 24.7. The highest BCUT2D eigenvalue weighted by Gasteiger charge is 2.46. The van der Waals surface area contributed by atoms with Crippen molar-refractivity contribution in [1.82, 2.24) is 5.32 Å². The van der Waals surface area contributed by atoms with Crippen LogP contribution in [-0.2, 0) is 16.2 Å². The molecule has 2 aromatic carbocycles. The van der Waals surface area contributed by atoms with Crippen LogP contribution < -0.4 is 14.8 Å². The number of benzene rings is 2. The van der Waals surface area contributed by atoms with Gasteiger partial charge in [0.2, 0.25) is 0 Å². The number of hydrogen-bond acceptors (Lipinski definition) is 5. The van der Waals surface area contributed by atoms with E-state index < -0.39 is 5.92 Å². The Hall–Kier alpha value is -2.76. The van der Waals surface area contributed by atoms with E-state index in [9.17, 15) is 9.59 Å². The van der Waals surface area contributed by atoms with Gasteiger partial charge >= 0.3 is 0 Å². The van der Waals surface area contributed by atoms with Crippen LogP contribution in [0.15, 0.2) is 58.9 Å². The van der Waals surface area contributed by atoms with Crippen LogP contribution in [0.5, 0.6) is 11.5 Å². The zero-order chi connectivity index (χ0) is 28.1. The lowest BCUT2D eigenvalue weighted by Gasteiger charge is -2.44. The topological polar surface area (TPSA) is 64.6 Å². The number of Topliss-reactive ketones (excluding diaryl/α,β-unsaturated/α-hetero) is 2. The van der Waals surface area contributed by atoms with Crippen molar-refractivity contribution in [2.75, 3.05) is 6.61 Å². The van der Waals surface area contributed by atoms with Crippen molar-refractivity contribution in [2.45, 2.75) is 72.8 Å². The molecule has 0 spiro atoms. The number of ether oxygens (including phenoxy) is 2. The van der Waals surface area contributed by atoms with Crippen molar-refractivity contribution in [3.8, 4) is 11.5 Å². The molecule has 0 amide bonds. The maximum absolute atomic E-state index is 13.6. The molecule has 1 N–H and O–H groups in total. The normalized spacial score (nSPS) is 20.4. The van der Waals surface area contributed by atoms with E-state index in [4.69, 9.17) is 32.7 Å². The van der Waals surface area contributed by atoms with Crippen molar-refractivity contribution in [2.24, 2.45) is 10.8 Å². The van der Waals surface area contributed by atoms with E-state index in [2.05, 4.69) is 33.0 Å². The standard InChI is InChI=1S/C32H35Cl2NO4/c1-6-38-27-12-19(8-10-26(27)39-17-18-7-9-20(33)21(34)11-18)28-29-22(13-31(2,3)15-24(29)36)35-23-14-32(4,5)16-25(37)30(23)28/h7-12,28,35H,6,13-17H2,1-5H3. The molecular formula is C32H35Cl2NO4. The monoisotopic (exact) mass is 567 g/mol. The van der Waals surface area contributed by atoms with Gasteiger partial charge in [0.25, 0.3) is 0 Å². The fraction of sp³-hybridized carbons (Fsp3) is 0.438. The number of ketones is 2. The van der Waals surface area contributed by atoms with Gasteiger partial charge in [0, 0.05) is 41.3 Å². The zero-order valence-electron chi connectivity index (χ0n) is 23.2. The number of rotatable bonds is 6. The molecule has 0 saturated heterocycles. The first-order valence-electron chi connectivity index (χ1n) is 13.5. The second kappa shape index (κ2) is 10.3. The molecule has 1 aliphatic heterocycles. The van der Waals surface area contributed by atoms with Gasteiger partial charge in [0.15, 0.2) is 23.1 Å². The summed E-state index contributed by atoms with van der Waals surface area (Å²) < 4.78 is 12.1. The molecule has 206 valence electrons. The molecule has 2 aliphatic carbocycles. The lowest BCUT2D eigenvalue weighted by atomic mass is 9.64. The molecule has 5 rings (SSSR count). The molecule has 2 aromatic rings. The van der Waals surface area contributed by atoms with E-state index >= 15 is 0 Å². The Morgan fingerprint density at radius 2 is 1.41 bits per heavy atom. The summed E-state index contributed by atoms with van der Waals surface area (Å²) in [5.74, 6) is 0.926. The number of halogens is 2. The Bertz CT molecular complexity index is 1370. The summed E-state index contributed by atoms with van der Waals surface area (Å²) in [6.07, 6.45) is 2.43. The van der Waals surface area contributed by atoms with Crippen LogP contribution in [-0.4, -0.2) is 18.2 Å². The van der Waals surface area contributed by atoms with Gasteiger partial charge in [-0.05, 0) is 66.0 Å². The van der Waals surface area contributed by atoms with Gasteiger partial charge in [0.1, 0.15) is 6.61 Å². The van der Waals surface area contributed by atoms with Crippen LogP contribution in [0.4, 0.5) is 0 Å². The molecule has 0 saturated carbocycles. The molecule has 0 radical (unpaired) electrons. The molecule has 0 atom stereocenters. The second-order valence-corrected chi connectivity index (χ2v) is 13.2. The van der Waals surface area contributed by atoms with E-state index in [1.807, 2.05) is 31.2 Å². The number of dihydropyridines is 1. The van der Waals surface area contributed by atoms with Gasteiger partial charge in [-0.15, -0.1) is 0 Å². The van der Waals surface area contributed by atoms with Crippen molar-refractivity contribution >= 4 is 34.8 Å². The summed E-state index contributed by atoms with van der Waals surface area (Å²) in [6, 6.07) is 11.1. The van der Waals surface area contributed by atoms with Gasteiger partial charge in [0.05, 0.1) is 16.7 Å². The number of carbonyl (C=O) groups excluding carboxylic acids is 2. The molecule has 0 bridgehead atoms. The van der Waals surface area contributed by atoms with Gasteiger partial charge < -0.3 is 14.8 Å². The minimum atomic E-state index is -0.424. The van der Waals surface area contributed by atoms with E-state index in [-0.39, 0.29) is 29.0 Å². The maximum atomic E-state index is 13.6. The van der Waals surface area contributed by atoms with Crippen molar-refractivity contribution in [3.63, 3.8) is 0 Å². The third kappa shape index (κ3) is 5.62. The Balaban J connectivity index is 1.56. The van der Waals surface area contributed by atoms with Crippen molar-refractivity contribution in [3.05, 3.63) is 80.1 Å². The molecule has 7 heteroatoms. The van der Waals surface area contributed by atoms with Gasteiger partial charge in [-0.3, -0.25) is 9.59 Å². The Morgan fingerprint density at radius 1 is 0.795 bits per heavy atom. The smallest absolute Gasteiger partial charge is 0.162 e. The van der Waals surface area contributed by atoms with Crippen molar-refractivity contribution < 1.29 is 19.1 Å². The highest BCUT2D eigenvalue weighted by molar-refractivity contribution is 6.42. The summed E-state index contributed by atoms with van der Waals surface area (Å²) in [4.78, 5) is 27.2. The predicted molar refractivity (Wildman–Crippen MR) is 154 cm³/mol. The lowest BCUT2D eigenvalue weighted by Crippen LogP contribution is -2.42. The number of carbonyl (C=O) groups is 2. The molecule has 0 aromatic heterocycles. The fourth-order valence-corrected chi connectivity index (χ4v) is 6.43. The Kier molecular flexibility index (Phi) is 7.36. The Labute approximate surface area is 240 Å². The van der Waals surface area contributed by atoms with E-state index in [1.54, 1.807) is 12.1 Å². The first-order valence-corrected chi connectivity index (χ1v) is 14.3. The maximum Gasteiger partial charge on any atom is 0.162 e. The van der Waals surface area contributed by atoms with Crippen LogP contribution in [0.25, 0.3) is 0 Å². The van der Waals surface area contributed by atoms with Crippen molar-refractivity contribution in [1.29, 1.82) is 0 Å². The molecule has 0 fully saturated rings. The van der Waals surface area contributed by atoms with Crippen LogP contribution in [0.3, 0.4) is 0 Å². The largest absolute Gasteiger partial charge is 0.490 e. The van der Waals surface area contributed by atoms with Gasteiger partial charge in [-0.25, -0.2) is 0 Å². The average molecular weight is 569 g/mol. The lowest BCUT2D eigenvalue weighted by molar-refractivity contribution is -0.119. The van der Waals surface area contributed by atoms with Crippen LogP contribution in [0.1, 0.15) is 77.3 Å². The second-order valence-electron chi connectivity index (χ2n) is 12.4. The minimum Gasteiger partial charge on any atom is -0.490 e. The highest BCUT2D eigenvalue weighted by Crippen LogP contribution is 2.51. The van der Waals surface area contributed by atoms with E-state index in [0.717, 1.165) is 35.4 Å². The highest BCUT2D eigenvalue weighted by atomic mass is 35.5. The van der Waals surface area contributed by atoms with Crippen LogP contribution in [0.2, 0.25) is 10.0 Å². The average Bonchev–Trinajstić information content (AvgIpc) is 2.82. The third-order valence-electron chi connectivity index (χ3n) is 7.70. The van der Waals surface area contributed by atoms with Gasteiger partial charge in [-0.2, -0.15) is 0 Å². The molecule has 3 aliphatic rings. The summed E-state index contributed by atoms with van der Waals surface area (Å²) in [5, 5.41) is 4.53. The molecule has 39 heavy (non-hydrogen) atoms. The number of nitrogens with one attached hydrogen (secondary N) is 1. The Morgan fingerprint density at radius 3 is 1.97 bits per heavy atom. The quantitative estimate of drug-likeness (QED) is 0.383. The summed E-state index contributed by atoms with van der Waals surface area (Å²) >= 11 is 12.2. The van der Waals surface area contributed by atoms with Crippen LogP contribution >= 0.6 is 23.2 Å².